The van der Waals surface area contributed by atoms with E-state index in [1.165, 1.54) is 0 Å². The lowest BCUT2D eigenvalue weighted by Gasteiger charge is -2.42. The number of amides is 1. The molecule has 0 radical (unpaired) electrons. The summed E-state index contributed by atoms with van der Waals surface area (Å²) in [4.78, 5) is 16.2. The van der Waals surface area contributed by atoms with E-state index in [9.17, 15) is 4.79 Å². The van der Waals surface area contributed by atoms with E-state index in [4.69, 9.17) is 21.7 Å². The maximum Gasteiger partial charge on any atom is 0.265 e. The van der Waals surface area contributed by atoms with Crippen LogP contribution in [0, 0.1) is 3.82 Å². The van der Waals surface area contributed by atoms with E-state index in [1.54, 1.807) is 39.9 Å². The number of hydrogen-bond acceptors (Lipinski definition) is 6. The van der Waals surface area contributed by atoms with Crippen molar-refractivity contribution < 1.29 is 14.3 Å². The molecule has 28 heavy (non-hydrogen) atoms. The predicted octanol–water partition coefficient (Wildman–Crippen LogP) is 5.88. The fourth-order valence-electron chi connectivity index (χ4n) is 3.51. The largest absolute Gasteiger partial charge is 0.497 e. The number of nitrogens with zero attached hydrogens (tertiary/aromatic N) is 1. The number of carbonyl (C=O) groups is 1. The van der Waals surface area contributed by atoms with Crippen LogP contribution in [0.5, 0.6) is 11.5 Å². The summed E-state index contributed by atoms with van der Waals surface area (Å²) in [5.74, 6) is 1.28. The minimum Gasteiger partial charge on any atom is -0.497 e. The third-order valence-corrected chi connectivity index (χ3v) is 8.16. The van der Waals surface area contributed by atoms with Gasteiger partial charge in [0.15, 0.2) is 6.61 Å². The SMILES string of the molecule is COc1ccc(OCC(=O)N2c3ccccc3-c3c(ssc3=S)C2(C)C)cc1. The van der Waals surface area contributed by atoms with Crippen LogP contribution in [0.4, 0.5) is 5.69 Å². The lowest BCUT2D eigenvalue weighted by atomic mass is 9.87. The van der Waals surface area contributed by atoms with Crippen molar-refractivity contribution in [3.05, 3.63) is 57.2 Å². The number of rotatable bonds is 4. The first-order valence-corrected chi connectivity index (χ1v) is 11.3. The van der Waals surface area contributed by atoms with Gasteiger partial charge in [-0.15, -0.1) is 0 Å². The van der Waals surface area contributed by atoms with E-state index in [1.807, 2.05) is 41.3 Å². The normalized spacial score (nSPS) is 14.2. The highest BCUT2D eigenvalue weighted by Gasteiger charge is 2.42. The second-order valence-electron chi connectivity index (χ2n) is 6.93. The monoisotopic (exact) mass is 429 g/mol. The molecular formula is C21H19NO3S3. The lowest BCUT2D eigenvalue weighted by Crippen LogP contribution is -2.49. The molecule has 0 N–H and O–H groups in total. The van der Waals surface area contributed by atoms with Gasteiger partial charge in [-0.2, -0.15) is 0 Å². The van der Waals surface area contributed by atoms with Crippen molar-refractivity contribution in [3.8, 4) is 22.6 Å². The van der Waals surface area contributed by atoms with Crippen molar-refractivity contribution in [1.29, 1.82) is 0 Å². The van der Waals surface area contributed by atoms with Gasteiger partial charge >= 0.3 is 0 Å². The molecule has 4 rings (SSSR count). The van der Waals surface area contributed by atoms with Crippen LogP contribution in [-0.2, 0) is 10.3 Å². The number of para-hydroxylation sites is 1. The molecule has 1 amide bonds. The Morgan fingerprint density at radius 1 is 1.07 bits per heavy atom. The third-order valence-electron chi connectivity index (χ3n) is 4.83. The third kappa shape index (κ3) is 3.13. The summed E-state index contributed by atoms with van der Waals surface area (Å²) in [6.45, 7) is 4.07. The highest BCUT2D eigenvalue weighted by atomic mass is 32.9. The first kappa shape index (κ1) is 19.1. The summed E-state index contributed by atoms with van der Waals surface area (Å²) < 4.78 is 11.8. The van der Waals surface area contributed by atoms with Gasteiger partial charge in [-0.1, -0.05) is 51.1 Å². The van der Waals surface area contributed by atoms with Crippen molar-refractivity contribution in [3.63, 3.8) is 0 Å². The molecule has 144 valence electrons. The Bertz CT molecular complexity index is 1080. The first-order valence-electron chi connectivity index (χ1n) is 8.76. The molecule has 7 heteroatoms. The molecule has 2 heterocycles. The van der Waals surface area contributed by atoms with Crippen LogP contribution < -0.4 is 14.4 Å². The Morgan fingerprint density at radius 3 is 2.46 bits per heavy atom. The van der Waals surface area contributed by atoms with Crippen LogP contribution in [0.3, 0.4) is 0 Å². The van der Waals surface area contributed by atoms with Crippen molar-refractivity contribution >= 4 is 44.5 Å². The topological polar surface area (TPSA) is 38.8 Å². The average Bonchev–Trinajstić information content (AvgIpc) is 3.09. The zero-order valence-corrected chi connectivity index (χ0v) is 18.2. The maximum absolute atomic E-state index is 13.2. The molecule has 0 saturated carbocycles. The van der Waals surface area contributed by atoms with Gasteiger partial charge < -0.3 is 9.47 Å². The summed E-state index contributed by atoms with van der Waals surface area (Å²) in [5, 5.41) is 0. The van der Waals surface area contributed by atoms with E-state index >= 15 is 0 Å². The highest BCUT2D eigenvalue weighted by Crippen LogP contribution is 2.51. The van der Waals surface area contributed by atoms with Gasteiger partial charge in [-0.05, 0) is 44.2 Å². The number of benzene rings is 2. The Labute approximate surface area is 176 Å². The van der Waals surface area contributed by atoms with Gasteiger partial charge in [0.05, 0.1) is 23.2 Å². The van der Waals surface area contributed by atoms with E-state index in [2.05, 4.69) is 13.8 Å². The number of ether oxygens (including phenoxy) is 2. The van der Waals surface area contributed by atoms with Gasteiger partial charge in [-0.25, -0.2) is 0 Å². The van der Waals surface area contributed by atoms with Crippen LogP contribution in [0.2, 0.25) is 0 Å². The van der Waals surface area contributed by atoms with Crippen molar-refractivity contribution in [2.24, 2.45) is 0 Å². The Balaban J connectivity index is 1.66. The molecule has 0 bridgehead atoms. The van der Waals surface area contributed by atoms with Gasteiger partial charge in [0, 0.05) is 11.1 Å². The van der Waals surface area contributed by atoms with Gasteiger partial charge in [-0.3, -0.25) is 9.69 Å². The van der Waals surface area contributed by atoms with E-state index < -0.39 is 5.54 Å². The fourth-order valence-corrected chi connectivity index (χ4v) is 6.79. The molecule has 3 aromatic rings. The smallest absolute Gasteiger partial charge is 0.265 e. The Hall–Kier alpha value is -2.22. The second kappa shape index (κ2) is 7.31. The molecule has 0 aliphatic carbocycles. The summed E-state index contributed by atoms with van der Waals surface area (Å²) in [6, 6.07) is 15.1. The Morgan fingerprint density at radius 2 is 1.75 bits per heavy atom. The van der Waals surface area contributed by atoms with Crippen molar-refractivity contribution in [2.45, 2.75) is 19.4 Å². The number of hydrogen-bond donors (Lipinski definition) is 0. The number of fused-ring (bicyclic) bond motifs is 3. The zero-order valence-electron chi connectivity index (χ0n) is 15.7. The van der Waals surface area contributed by atoms with Crippen LogP contribution in [0.1, 0.15) is 18.7 Å². The number of methoxy groups -OCH3 is 1. The zero-order chi connectivity index (χ0) is 19.9. The second-order valence-corrected chi connectivity index (χ2v) is 9.74. The first-order chi connectivity index (χ1) is 13.4. The van der Waals surface area contributed by atoms with Crippen molar-refractivity contribution in [2.75, 3.05) is 18.6 Å². The van der Waals surface area contributed by atoms with Crippen LogP contribution in [0.15, 0.2) is 48.5 Å². The molecule has 0 fully saturated rings. The standard InChI is InChI=1S/C21H19NO3S3/c1-21(2)19-18(20(26)28-27-19)15-6-4-5-7-16(15)22(21)17(23)12-25-14-10-8-13(24-3)9-11-14/h4-11H,12H2,1-3H3. The quantitative estimate of drug-likeness (QED) is 0.384. The number of anilines is 1. The Kier molecular flexibility index (Phi) is 4.99. The molecule has 0 spiro atoms. The van der Waals surface area contributed by atoms with Crippen LogP contribution in [-0.4, -0.2) is 19.6 Å². The molecule has 1 aliphatic rings. The number of carbonyl (C=O) groups excluding carboxylic acids is 1. The highest BCUT2D eigenvalue weighted by molar-refractivity contribution is 7.80. The summed E-state index contributed by atoms with van der Waals surface area (Å²) in [5.41, 5.74) is 2.48. The summed E-state index contributed by atoms with van der Waals surface area (Å²) in [7, 11) is 4.85. The molecule has 0 atom stereocenters. The minimum absolute atomic E-state index is 0.0467. The van der Waals surface area contributed by atoms with Gasteiger partial charge in [0.1, 0.15) is 15.3 Å². The lowest BCUT2D eigenvalue weighted by molar-refractivity contribution is -0.121. The van der Waals surface area contributed by atoms with Gasteiger partial charge in [0.25, 0.3) is 5.91 Å². The molecule has 1 aromatic heterocycles. The maximum atomic E-state index is 13.2. The van der Waals surface area contributed by atoms with Crippen molar-refractivity contribution in [1.82, 2.24) is 0 Å². The molecule has 1 aliphatic heterocycles. The summed E-state index contributed by atoms with van der Waals surface area (Å²) >= 11 is 5.58. The van der Waals surface area contributed by atoms with Gasteiger partial charge in [0.2, 0.25) is 0 Å². The molecule has 0 unspecified atom stereocenters. The molecule has 2 aromatic carbocycles. The predicted molar refractivity (Wildman–Crippen MR) is 117 cm³/mol. The van der Waals surface area contributed by atoms with E-state index in [-0.39, 0.29) is 12.5 Å². The fraction of sp³-hybridized carbons (Fsp3) is 0.238. The molecule has 4 nitrogen and oxygen atoms in total. The van der Waals surface area contributed by atoms with Crippen LogP contribution >= 0.6 is 32.9 Å². The van der Waals surface area contributed by atoms with E-state index in [0.717, 1.165) is 31.3 Å². The van der Waals surface area contributed by atoms with Crippen LogP contribution in [0.25, 0.3) is 11.1 Å². The summed E-state index contributed by atoms with van der Waals surface area (Å²) in [6.07, 6.45) is 0. The molecular weight excluding hydrogens is 410 g/mol. The average molecular weight is 430 g/mol. The minimum atomic E-state index is -0.498. The van der Waals surface area contributed by atoms with E-state index in [0.29, 0.717) is 5.75 Å². The molecule has 0 saturated heterocycles.